The largest absolute Gasteiger partial charge is 0.449 e. The number of hydrogen-bond donors (Lipinski definition) is 0. The predicted octanol–water partition coefficient (Wildman–Crippen LogP) is 7.00. The van der Waals surface area contributed by atoms with Gasteiger partial charge in [-0.1, -0.05) is 61.9 Å². The summed E-state index contributed by atoms with van der Waals surface area (Å²) in [6.45, 7) is 4.29. The summed E-state index contributed by atoms with van der Waals surface area (Å²) in [5.41, 5.74) is 3.53. The SMILES string of the molecule is CCCCC(=O)Oc1cccc(CCCOC(=O)N(c2ccccc2)c2ccccc2)c1C. The van der Waals surface area contributed by atoms with Crippen LogP contribution in [-0.2, 0) is 16.0 Å². The monoisotopic (exact) mass is 445 g/mol. The minimum absolute atomic E-state index is 0.201. The van der Waals surface area contributed by atoms with Crippen LogP contribution < -0.4 is 9.64 Å². The van der Waals surface area contributed by atoms with E-state index < -0.39 is 6.09 Å². The number of para-hydroxylation sites is 2. The van der Waals surface area contributed by atoms with E-state index in [1.165, 1.54) is 0 Å². The molecule has 0 atom stereocenters. The Bertz CT molecular complexity index is 995. The molecule has 0 saturated carbocycles. The Hall–Kier alpha value is -3.60. The second kappa shape index (κ2) is 12.4. The Kier molecular flexibility index (Phi) is 9.07. The molecule has 0 fully saturated rings. The van der Waals surface area contributed by atoms with Crippen LogP contribution in [0.15, 0.2) is 78.9 Å². The van der Waals surface area contributed by atoms with E-state index in [1.807, 2.05) is 92.7 Å². The molecule has 0 spiro atoms. The number of hydrogen-bond acceptors (Lipinski definition) is 4. The minimum Gasteiger partial charge on any atom is -0.449 e. The van der Waals surface area contributed by atoms with Crippen molar-refractivity contribution in [1.82, 2.24) is 0 Å². The number of ether oxygens (including phenoxy) is 2. The third kappa shape index (κ3) is 6.94. The Morgan fingerprint density at radius 2 is 1.45 bits per heavy atom. The summed E-state index contributed by atoms with van der Waals surface area (Å²) >= 11 is 0. The number of carbonyl (C=O) groups excluding carboxylic acids is 2. The number of anilines is 2. The molecule has 0 heterocycles. The normalized spacial score (nSPS) is 10.5. The van der Waals surface area contributed by atoms with Crippen molar-refractivity contribution in [2.45, 2.75) is 46.0 Å². The van der Waals surface area contributed by atoms with E-state index in [-0.39, 0.29) is 12.6 Å². The number of carbonyl (C=O) groups is 2. The highest BCUT2D eigenvalue weighted by atomic mass is 16.6. The van der Waals surface area contributed by atoms with Crippen LogP contribution in [0.2, 0.25) is 0 Å². The van der Waals surface area contributed by atoms with E-state index in [2.05, 4.69) is 0 Å². The molecule has 0 radical (unpaired) electrons. The summed E-state index contributed by atoms with van der Waals surface area (Å²) in [6, 6.07) is 24.6. The van der Waals surface area contributed by atoms with Crippen molar-refractivity contribution in [3.63, 3.8) is 0 Å². The highest BCUT2D eigenvalue weighted by Crippen LogP contribution is 2.26. The van der Waals surface area contributed by atoms with Crippen molar-refractivity contribution < 1.29 is 19.1 Å². The molecule has 0 aliphatic carbocycles. The summed E-state index contributed by atoms with van der Waals surface area (Å²) < 4.78 is 11.1. The molecule has 0 aromatic heterocycles. The molecule has 172 valence electrons. The van der Waals surface area contributed by atoms with Gasteiger partial charge in [-0.25, -0.2) is 9.69 Å². The van der Waals surface area contributed by atoms with Gasteiger partial charge in [0.2, 0.25) is 0 Å². The average molecular weight is 446 g/mol. The van der Waals surface area contributed by atoms with Gasteiger partial charge in [0, 0.05) is 6.42 Å². The molecule has 0 bridgehead atoms. The first-order chi connectivity index (χ1) is 16.1. The van der Waals surface area contributed by atoms with E-state index >= 15 is 0 Å². The number of esters is 1. The lowest BCUT2D eigenvalue weighted by molar-refractivity contribution is -0.134. The van der Waals surface area contributed by atoms with Crippen molar-refractivity contribution in [1.29, 1.82) is 0 Å². The maximum Gasteiger partial charge on any atom is 0.418 e. The third-order valence-electron chi connectivity index (χ3n) is 5.38. The molecule has 0 aliphatic heterocycles. The first-order valence-electron chi connectivity index (χ1n) is 11.5. The van der Waals surface area contributed by atoms with Gasteiger partial charge >= 0.3 is 12.1 Å². The van der Waals surface area contributed by atoms with Gasteiger partial charge in [-0.15, -0.1) is 0 Å². The molecule has 0 saturated heterocycles. The average Bonchev–Trinajstić information content (AvgIpc) is 2.84. The van der Waals surface area contributed by atoms with Crippen LogP contribution in [0.4, 0.5) is 16.2 Å². The predicted molar refractivity (Wildman–Crippen MR) is 131 cm³/mol. The van der Waals surface area contributed by atoms with E-state index in [9.17, 15) is 9.59 Å². The first-order valence-corrected chi connectivity index (χ1v) is 11.5. The highest BCUT2D eigenvalue weighted by Gasteiger charge is 2.19. The molecule has 3 rings (SSSR count). The summed E-state index contributed by atoms with van der Waals surface area (Å²) in [4.78, 5) is 26.5. The highest BCUT2D eigenvalue weighted by molar-refractivity contribution is 5.95. The van der Waals surface area contributed by atoms with Crippen LogP contribution in [0, 0.1) is 6.92 Å². The van der Waals surface area contributed by atoms with Crippen LogP contribution in [0.25, 0.3) is 0 Å². The number of rotatable bonds is 10. The van der Waals surface area contributed by atoms with Gasteiger partial charge in [-0.05, 0) is 67.6 Å². The molecule has 1 amide bonds. The Morgan fingerprint density at radius 1 is 0.818 bits per heavy atom. The van der Waals surface area contributed by atoms with Gasteiger partial charge in [0.1, 0.15) is 5.75 Å². The minimum atomic E-state index is -0.414. The van der Waals surface area contributed by atoms with Gasteiger partial charge in [0.25, 0.3) is 0 Å². The molecule has 3 aromatic carbocycles. The van der Waals surface area contributed by atoms with Crippen LogP contribution >= 0.6 is 0 Å². The second-order valence-electron chi connectivity index (χ2n) is 7.84. The third-order valence-corrected chi connectivity index (χ3v) is 5.38. The zero-order valence-corrected chi connectivity index (χ0v) is 19.3. The summed E-state index contributed by atoms with van der Waals surface area (Å²) in [5, 5.41) is 0. The fourth-order valence-corrected chi connectivity index (χ4v) is 3.54. The number of amides is 1. The maximum absolute atomic E-state index is 12.9. The standard InChI is InChI=1S/C28H31NO4/c1-3-4-20-27(30)33-26-19-11-13-23(22(26)2)14-12-21-32-28(31)29(24-15-7-5-8-16-24)25-17-9-6-10-18-25/h5-11,13,15-19H,3-4,12,14,20-21H2,1-2H3. The molecule has 33 heavy (non-hydrogen) atoms. The van der Waals surface area contributed by atoms with Gasteiger partial charge in [-0.3, -0.25) is 4.79 Å². The van der Waals surface area contributed by atoms with Crippen LogP contribution in [0.3, 0.4) is 0 Å². The van der Waals surface area contributed by atoms with Crippen LogP contribution in [-0.4, -0.2) is 18.7 Å². The first kappa shape index (κ1) is 24.1. The smallest absolute Gasteiger partial charge is 0.418 e. The zero-order valence-electron chi connectivity index (χ0n) is 19.3. The second-order valence-corrected chi connectivity index (χ2v) is 7.84. The van der Waals surface area contributed by atoms with Crippen molar-refractivity contribution in [3.8, 4) is 5.75 Å². The van der Waals surface area contributed by atoms with Gasteiger partial charge in [0.15, 0.2) is 0 Å². The Morgan fingerprint density at radius 3 is 2.06 bits per heavy atom. The van der Waals surface area contributed by atoms with Crippen molar-refractivity contribution in [3.05, 3.63) is 90.0 Å². The zero-order chi connectivity index (χ0) is 23.5. The molecule has 0 aliphatic rings. The van der Waals surface area contributed by atoms with Crippen LogP contribution in [0.5, 0.6) is 5.75 Å². The van der Waals surface area contributed by atoms with Gasteiger partial charge < -0.3 is 9.47 Å². The van der Waals surface area contributed by atoms with E-state index in [0.717, 1.165) is 41.8 Å². The number of unbranched alkanes of at least 4 members (excludes halogenated alkanes) is 1. The molecule has 0 N–H and O–H groups in total. The van der Waals surface area contributed by atoms with Crippen LogP contribution in [0.1, 0.15) is 43.7 Å². The Labute approximate surface area is 196 Å². The van der Waals surface area contributed by atoms with E-state index in [1.54, 1.807) is 4.90 Å². The molecular formula is C28H31NO4. The topological polar surface area (TPSA) is 55.8 Å². The van der Waals surface area contributed by atoms with Crippen molar-refractivity contribution in [2.75, 3.05) is 11.5 Å². The van der Waals surface area contributed by atoms with Crippen molar-refractivity contribution in [2.24, 2.45) is 0 Å². The number of aryl methyl sites for hydroxylation is 1. The lowest BCUT2D eigenvalue weighted by Crippen LogP contribution is -2.27. The molecular weight excluding hydrogens is 414 g/mol. The van der Waals surface area contributed by atoms with Gasteiger partial charge in [0.05, 0.1) is 18.0 Å². The molecule has 5 nitrogen and oxygen atoms in total. The number of nitrogens with zero attached hydrogens (tertiary/aromatic N) is 1. The Balaban J connectivity index is 1.58. The fourth-order valence-electron chi connectivity index (χ4n) is 3.54. The lowest BCUT2D eigenvalue weighted by Gasteiger charge is -2.22. The summed E-state index contributed by atoms with van der Waals surface area (Å²) in [6.07, 6.45) is 3.18. The molecule has 0 unspecified atom stereocenters. The maximum atomic E-state index is 12.9. The molecule has 5 heteroatoms. The fraction of sp³-hybridized carbons (Fsp3) is 0.286. The van der Waals surface area contributed by atoms with Gasteiger partial charge in [-0.2, -0.15) is 0 Å². The lowest BCUT2D eigenvalue weighted by atomic mass is 10.0. The van der Waals surface area contributed by atoms with E-state index in [4.69, 9.17) is 9.47 Å². The number of benzene rings is 3. The molecule has 3 aromatic rings. The quantitative estimate of drug-likeness (QED) is 0.192. The summed E-state index contributed by atoms with van der Waals surface area (Å²) in [7, 11) is 0. The van der Waals surface area contributed by atoms with Crippen molar-refractivity contribution >= 4 is 23.4 Å². The summed E-state index contributed by atoms with van der Waals surface area (Å²) in [5.74, 6) is 0.401. The van der Waals surface area contributed by atoms with E-state index in [0.29, 0.717) is 18.6 Å².